The Balaban J connectivity index is 1.88. The first kappa shape index (κ1) is 14.5. The summed E-state index contributed by atoms with van der Waals surface area (Å²) in [6.45, 7) is 1.04. The minimum absolute atomic E-state index is 0.0900. The predicted octanol–water partition coefficient (Wildman–Crippen LogP) is 0.554. The fourth-order valence-electron chi connectivity index (χ4n) is 2.91. The van der Waals surface area contributed by atoms with E-state index in [2.05, 4.69) is 10.6 Å². The van der Waals surface area contributed by atoms with Gasteiger partial charge in [-0.15, -0.1) is 0 Å². The summed E-state index contributed by atoms with van der Waals surface area (Å²) < 4.78 is 27.0. The van der Waals surface area contributed by atoms with E-state index in [1.54, 1.807) is 18.2 Å². The maximum Gasteiger partial charge on any atom is 0.243 e. The van der Waals surface area contributed by atoms with Gasteiger partial charge in [-0.05, 0) is 43.7 Å². The van der Waals surface area contributed by atoms with Crippen molar-refractivity contribution >= 4 is 21.6 Å². The van der Waals surface area contributed by atoms with Gasteiger partial charge in [0.05, 0.1) is 11.3 Å². The van der Waals surface area contributed by atoms with Crippen molar-refractivity contribution in [2.45, 2.75) is 30.2 Å². The van der Waals surface area contributed by atoms with Crippen LogP contribution in [-0.4, -0.2) is 44.8 Å². The van der Waals surface area contributed by atoms with Crippen LogP contribution >= 0.6 is 0 Å². The minimum atomic E-state index is -3.49. The minimum Gasteiger partial charge on any atom is -0.326 e. The molecule has 0 spiro atoms. The molecule has 1 saturated heterocycles. The van der Waals surface area contributed by atoms with Crippen LogP contribution < -0.4 is 10.6 Å². The first-order chi connectivity index (χ1) is 10.0. The van der Waals surface area contributed by atoms with Crippen molar-refractivity contribution in [3.05, 3.63) is 23.8 Å². The van der Waals surface area contributed by atoms with Crippen LogP contribution in [0.5, 0.6) is 0 Å². The molecular formula is C14H19N3O3S. The highest BCUT2D eigenvalue weighted by molar-refractivity contribution is 7.89. The number of hydrogen-bond donors (Lipinski definition) is 2. The number of sulfonamides is 1. The van der Waals surface area contributed by atoms with Crippen LogP contribution in [0.25, 0.3) is 0 Å². The van der Waals surface area contributed by atoms with Gasteiger partial charge in [0.25, 0.3) is 0 Å². The molecule has 1 amide bonds. The van der Waals surface area contributed by atoms with Gasteiger partial charge < -0.3 is 10.6 Å². The third-order valence-electron chi connectivity index (χ3n) is 4.13. The van der Waals surface area contributed by atoms with Gasteiger partial charge in [-0.1, -0.05) is 0 Å². The van der Waals surface area contributed by atoms with Crippen molar-refractivity contribution in [2.75, 3.05) is 25.5 Å². The SMILES string of the molecule is CNC1CCCN(S(=O)(=O)c2ccc3c(c2)CC(=O)N3)C1. The van der Waals surface area contributed by atoms with E-state index in [9.17, 15) is 13.2 Å². The van der Waals surface area contributed by atoms with Gasteiger partial charge in [0, 0.05) is 24.8 Å². The number of nitrogens with one attached hydrogen (secondary N) is 2. The molecular weight excluding hydrogens is 290 g/mol. The summed E-state index contributed by atoms with van der Waals surface area (Å²) in [4.78, 5) is 11.6. The van der Waals surface area contributed by atoms with E-state index in [1.165, 1.54) is 4.31 Å². The summed E-state index contributed by atoms with van der Waals surface area (Å²) in [5.74, 6) is -0.0900. The Hall–Kier alpha value is -1.44. The number of fused-ring (bicyclic) bond motifs is 1. The van der Waals surface area contributed by atoms with Crippen molar-refractivity contribution in [3.8, 4) is 0 Å². The standard InChI is InChI=1S/C14H19N3O3S/c1-15-11-3-2-6-17(9-11)21(19,20)12-4-5-13-10(7-12)8-14(18)16-13/h4-5,7,11,15H,2-3,6,8-9H2,1H3,(H,16,18). The highest BCUT2D eigenvalue weighted by Crippen LogP contribution is 2.28. The van der Waals surface area contributed by atoms with E-state index < -0.39 is 10.0 Å². The monoisotopic (exact) mass is 309 g/mol. The summed E-state index contributed by atoms with van der Waals surface area (Å²) in [5.41, 5.74) is 1.47. The molecule has 2 heterocycles. The first-order valence-corrected chi connectivity index (χ1v) is 8.55. The Bertz CT molecular complexity index is 672. The molecule has 0 radical (unpaired) electrons. The fourth-order valence-corrected chi connectivity index (χ4v) is 4.49. The van der Waals surface area contributed by atoms with E-state index in [0.29, 0.717) is 18.8 Å². The zero-order chi connectivity index (χ0) is 15.0. The maximum atomic E-state index is 12.7. The molecule has 0 aromatic heterocycles. The predicted molar refractivity (Wildman–Crippen MR) is 79.6 cm³/mol. The highest BCUT2D eigenvalue weighted by Gasteiger charge is 2.30. The summed E-state index contributed by atoms with van der Waals surface area (Å²) in [5, 5.41) is 5.86. The summed E-state index contributed by atoms with van der Waals surface area (Å²) in [6, 6.07) is 5.06. The molecule has 0 saturated carbocycles. The Morgan fingerprint density at radius 3 is 2.95 bits per heavy atom. The van der Waals surface area contributed by atoms with Gasteiger partial charge in [-0.25, -0.2) is 8.42 Å². The lowest BCUT2D eigenvalue weighted by atomic mass is 10.1. The molecule has 6 nitrogen and oxygen atoms in total. The Morgan fingerprint density at radius 1 is 1.38 bits per heavy atom. The second kappa shape index (κ2) is 5.40. The zero-order valence-electron chi connectivity index (χ0n) is 11.9. The van der Waals surface area contributed by atoms with Crippen molar-refractivity contribution in [2.24, 2.45) is 0 Å². The molecule has 0 bridgehead atoms. The van der Waals surface area contributed by atoms with E-state index in [4.69, 9.17) is 0 Å². The van der Waals surface area contributed by atoms with E-state index in [1.807, 2.05) is 7.05 Å². The maximum absolute atomic E-state index is 12.7. The van der Waals surface area contributed by atoms with Crippen LogP contribution in [0.15, 0.2) is 23.1 Å². The van der Waals surface area contributed by atoms with Crippen molar-refractivity contribution in [3.63, 3.8) is 0 Å². The van der Waals surface area contributed by atoms with Crippen LogP contribution in [0.1, 0.15) is 18.4 Å². The molecule has 3 rings (SSSR count). The summed E-state index contributed by atoms with van der Waals surface area (Å²) in [7, 11) is -1.64. The van der Waals surface area contributed by atoms with Gasteiger partial charge in [0.15, 0.2) is 0 Å². The third-order valence-corrected chi connectivity index (χ3v) is 5.99. The number of carbonyl (C=O) groups excluding carboxylic acids is 1. The van der Waals surface area contributed by atoms with Gasteiger partial charge in [0.1, 0.15) is 0 Å². The molecule has 114 valence electrons. The van der Waals surface area contributed by atoms with E-state index >= 15 is 0 Å². The lowest BCUT2D eigenvalue weighted by Gasteiger charge is -2.31. The second-order valence-electron chi connectivity index (χ2n) is 5.53. The average Bonchev–Trinajstić information content (AvgIpc) is 2.86. The zero-order valence-corrected chi connectivity index (χ0v) is 12.7. The Morgan fingerprint density at radius 2 is 2.19 bits per heavy atom. The number of benzene rings is 1. The lowest BCUT2D eigenvalue weighted by Crippen LogP contribution is -2.46. The lowest BCUT2D eigenvalue weighted by molar-refractivity contribution is -0.115. The van der Waals surface area contributed by atoms with Crippen LogP contribution in [0.4, 0.5) is 5.69 Å². The molecule has 2 N–H and O–H groups in total. The quantitative estimate of drug-likeness (QED) is 0.855. The number of nitrogens with zero attached hydrogens (tertiary/aromatic N) is 1. The molecule has 1 aromatic rings. The van der Waals surface area contributed by atoms with Crippen LogP contribution in [0.3, 0.4) is 0 Å². The number of amides is 1. The number of carbonyl (C=O) groups is 1. The van der Waals surface area contributed by atoms with Crippen LogP contribution in [0.2, 0.25) is 0 Å². The summed E-state index contributed by atoms with van der Waals surface area (Å²) >= 11 is 0. The molecule has 1 atom stereocenters. The molecule has 0 aliphatic carbocycles. The largest absolute Gasteiger partial charge is 0.326 e. The van der Waals surface area contributed by atoms with Crippen molar-refractivity contribution < 1.29 is 13.2 Å². The smallest absolute Gasteiger partial charge is 0.243 e. The molecule has 1 aromatic carbocycles. The molecule has 1 unspecified atom stereocenters. The number of rotatable bonds is 3. The van der Waals surface area contributed by atoms with Crippen LogP contribution in [-0.2, 0) is 21.2 Å². The van der Waals surface area contributed by atoms with Crippen LogP contribution in [0, 0.1) is 0 Å². The first-order valence-electron chi connectivity index (χ1n) is 7.11. The van der Waals surface area contributed by atoms with Gasteiger partial charge >= 0.3 is 0 Å². The van der Waals surface area contributed by atoms with E-state index in [-0.39, 0.29) is 23.3 Å². The summed E-state index contributed by atoms with van der Waals surface area (Å²) in [6.07, 6.45) is 2.10. The van der Waals surface area contributed by atoms with Gasteiger partial charge in [-0.3, -0.25) is 4.79 Å². The molecule has 7 heteroatoms. The van der Waals surface area contributed by atoms with Crippen molar-refractivity contribution in [1.29, 1.82) is 0 Å². The Labute approximate surface area is 124 Å². The molecule has 2 aliphatic rings. The number of piperidine rings is 1. The highest BCUT2D eigenvalue weighted by atomic mass is 32.2. The fraction of sp³-hybridized carbons (Fsp3) is 0.500. The Kier molecular flexibility index (Phi) is 3.73. The molecule has 1 fully saturated rings. The topological polar surface area (TPSA) is 78.5 Å². The van der Waals surface area contributed by atoms with Gasteiger partial charge in [-0.2, -0.15) is 4.31 Å². The third kappa shape index (κ3) is 2.68. The van der Waals surface area contributed by atoms with E-state index in [0.717, 1.165) is 18.4 Å². The number of hydrogen-bond acceptors (Lipinski definition) is 4. The number of likely N-dealkylation sites (N-methyl/N-ethyl adjacent to an activating group) is 1. The van der Waals surface area contributed by atoms with Gasteiger partial charge in [0.2, 0.25) is 15.9 Å². The average molecular weight is 309 g/mol. The molecule has 21 heavy (non-hydrogen) atoms. The molecule has 2 aliphatic heterocycles. The van der Waals surface area contributed by atoms with Crippen molar-refractivity contribution in [1.82, 2.24) is 9.62 Å². The normalized spacial score (nSPS) is 22.9. The number of anilines is 1. The second-order valence-corrected chi connectivity index (χ2v) is 7.47.